The van der Waals surface area contributed by atoms with E-state index < -0.39 is 35.2 Å². The average Bonchev–Trinajstić information content (AvgIpc) is 3.76. The van der Waals surface area contributed by atoms with Crippen LogP contribution >= 0.6 is 0 Å². The summed E-state index contributed by atoms with van der Waals surface area (Å²) < 4.78 is 131. The van der Waals surface area contributed by atoms with Gasteiger partial charge in [-0.3, -0.25) is 0 Å². The van der Waals surface area contributed by atoms with Crippen LogP contribution in [0.1, 0.15) is 33.4 Å². The number of benzene rings is 9. The molecule has 0 saturated carbocycles. The summed E-state index contributed by atoms with van der Waals surface area (Å²) in [6.45, 7) is 5.10. The number of aryl methyl sites for hydroxylation is 3. The molecule has 11 aromatic rings. The van der Waals surface area contributed by atoms with Crippen molar-refractivity contribution in [2.45, 2.75) is 39.3 Å². The molecular weight excluding hydrogens is 984 g/mol. The first-order chi connectivity index (χ1) is 36.3. The van der Waals surface area contributed by atoms with Gasteiger partial charge in [0.2, 0.25) is 0 Å². The summed E-state index contributed by atoms with van der Waals surface area (Å²) in [5.41, 5.74) is 6.07. The van der Waals surface area contributed by atoms with Gasteiger partial charge in [0.25, 0.3) is 0 Å². The molecule has 0 bridgehead atoms. The predicted molar refractivity (Wildman–Crippen MR) is 281 cm³/mol. The molecule has 2 aromatic heterocycles. The van der Waals surface area contributed by atoms with E-state index >= 15 is 0 Å². The molecule has 13 heteroatoms. The van der Waals surface area contributed by atoms with Crippen LogP contribution in [0.3, 0.4) is 0 Å². The normalized spacial score (nSPS) is 12.2. The lowest BCUT2D eigenvalue weighted by atomic mass is 9.91. The van der Waals surface area contributed by atoms with Gasteiger partial charge in [0.05, 0.1) is 33.4 Å². The zero-order valence-corrected chi connectivity index (χ0v) is 40.7. The third-order valence-electron chi connectivity index (χ3n) is 13.6. The molecule has 0 atom stereocenters. The Labute approximate surface area is 430 Å². The first-order valence-electron chi connectivity index (χ1n) is 24.0. The molecule has 0 amide bonds. The smallest absolute Gasteiger partial charge is 0.308 e. The lowest BCUT2D eigenvalue weighted by Gasteiger charge is -2.21. The molecule has 0 saturated heterocycles. The Bertz CT molecular complexity index is 3950. The van der Waals surface area contributed by atoms with Crippen molar-refractivity contribution < 1.29 is 39.5 Å². The number of alkyl halides is 9. The second-order valence-electron chi connectivity index (χ2n) is 18.8. The van der Waals surface area contributed by atoms with Gasteiger partial charge in [-0.05, 0) is 126 Å². The quantitative estimate of drug-likeness (QED) is 0.142. The monoisotopic (exact) mass is 1020 g/mol. The van der Waals surface area contributed by atoms with Gasteiger partial charge in [-0.25, -0.2) is 15.0 Å². The molecule has 0 aliphatic heterocycles. The Morgan fingerprint density at radius 2 is 0.763 bits per heavy atom. The zero-order valence-electron chi connectivity index (χ0n) is 40.7. The SMILES string of the molecule is Cc1ccc(-c2cc(-c3nc(-c4ccccc4)nc(-c4ccccc4)n3)cc(-c3ccc(C(F)(F)F)cc3)c2-n2c3ccc(-c4ccc(C(F)(F)F)cc4C)cc3c3cc(-c4ccc(C)cc4C(F)(F)F)ccc32)cc1. The average molecular weight is 1030 g/mol. The van der Waals surface area contributed by atoms with E-state index in [1.165, 1.54) is 24.3 Å². The second-order valence-corrected chi connectivity index (χ2v) is 18.8. The third-order valence-corrected chi connectivity index (χ3v) is 13.6. The summed E-state index contributed by atoms with van der Waals surface area (Å²) >= 11 is 0. The standard InChI is InChI=1S/C63H41F9N4/c1-36-14-17-39(18-15-36)50-34-45(60-74-58(41-10-6-4-7-11-41)73-59(75-60)42-12-8-5-9-13-42)35-51(40-19-23-46(24-20-40)61(64,65)66)57(50)76-55-28-21-43(48-27-25-47(31-38(48)3)62(67,68)69)32-52(55)53-33-44(22-29-56(53)76)49-26-16-37(2)30-54(49)63(70,71)72/h4-35H,1-3H3. The highest BCUT2D eigenvalue weighted by Crippen LogP contribution is 2.47. The van der Waals surface area contributed by atoms with E-state index in [0.717, 1.165) is 35.9 Å². The highest BCUT2D eigenvalue weighted by atomic mass is 19.4. The summed E-state index contributed by atoms with van der Waals surface area (Å²) in [5, 5.41) is 1.05. The van der Waals surface area contributed by atoms with Crippen LogP contribution in [0.25, 0.3) is 106 Å². The van der Waals surface area contributed by atoms with Crippen molar-refractivity contribution in [1.82, 2.24) is 19.5 Å². The maximum Gasteiger partial charge on any atom is 0.417 e. The van der Waals surface area contributed by atoms with Crippen molar-refractivity contribution in [1.29, 1.82) is 0 Å². The number of hydrogen-bond acceptors (Lipinski definition) is 3. The van der Waals surface area contributed by atoms with Crippen molar-refractivity contribution >= 4 is 21.8 Å². The van der Waals surface area contributed by atoms with E-state index in [-0.39, 0.29) is 17.0 Å². The van der Waals surface area contributed by atoms with Crippen LogP contribution in [0, 0.1) is 20.8 Å². The van der Waals surface area contributed by atoms with Crippen molar-refractivity contribution in [3.8, 4) is 84.4 Å². The molecular formula is C63H41F9N4. The van der Waals surface area contributed by atoms with E-state index in [9.17, 15) is 39.5 Å². The molecule has 376 valence electrons. The van der Waals surface area contributed by atoms with Crippen LogP contribution in [0.15, 0.2) is 194 Å². The summed E-state index contributed by atoms with van der Waals surface area (Å²) in [6, 6.07) is 53.0. The predicted octanol–water partition coefficient (Wildman–Crippen LogP) is 18.6. The van der Waals surface area contributed by atoms with Gasteiger partial charge >= 0.3 is 18.5 Å². The fourth-order valence-electron chi connectivity index (χ4n) is 9.86. The van der Waals surface area contributed by atoms with E-state index in [1.54, 1.807) is 44.2 Å². The van der Waals surface area contributed by atoms with Gasteiger partial charge in [0.15, 0.2) is 17.5 Å². The van der Waals surface area contributed by atoms with Gasteiger partial charge < -0.3 is 4.57 Å². The lowest BCUT2D eigenvalue weighted by molar-refractivity contribution is -0.138. The highest BCUT2D eigenvalue weighted by molar-refractivity contribution is 6.13. The fraction of sp³-hybridized carbons (Fsp3) is 0.0952. The van der Waals surface area contributed by atoms with Crippen LogP contribution in [-0.2, 0) is 18.5 Å². The Hall–Kier alpha value is -8.84. The van der Waals surface area contributed by atoms with E-state index in [2.05, 4.69) is 0 Å². The van der Waals surface area contributed by atoms with Crippen molar-refractivity contribution in [2.24, 2.45) is 0 Å². The Balaban J connectivity index is 1.26. The molecule has 0 aliphatic carbocycles. The molecule has 0 fully saturated rings. The first-order valence-corrected chi connectivity index (χ1v) is 24.0. The number of halogens is 9. The summed E-state index contributed by atoms with van der Waals surface area (Å²) in [6.07, 6.45) is -13.9. The van der Waals surface area contributed by atoms with E-state index in [0.29, 0.717) is 100 Å². The number of aromatic nitrogens is 4. The van der Waals surface area contributed by atoms with Crippen LogP contribution in [-0.4, -0.2) is 19.5 Å². The van der Waals surface area contributed by atoms with Gasteiger partial charge in [0, 0.05) is 38.6 Å². The van der Waals surface area contributed by atoms with Crippen molar-refractivity contribution in [2.75, 3.05) is 0 Å². The van der Waals surface area contributed by atoms with Gasteiger partial charge in [-0.1, -0.05) is 139 Å². The first kappa shape index (κ1) is 49.4. The molecule has 4 nitrogen and oxygen atoms in total. The lowest BCUT2D eigenvalue weighted by Crippen LogP contribution is -2.07. The van der Waals surface area contributed by atoms with Crippen LogP contribution in [0.4, 0.5) is 39.5 Å². The minimum absolute atomic E-state index is 0.0622. The second kappa shape index (κ2) is 18.8. The molecule has 0 N–H and O–H groups in total. The Kier molecular flexibility index (Phi) is 12.2. The number of nitrogens with zero attached hydrogens (tertiary/aromatic N) is 4. The van der Waals surface area contributed by atoms with Crippen LogP contribution < -0.4 is 0 Å². The van der Waals surface area contributed by atoms with E-state index in [1.807, 2.05) is 121 Å². The fourth-order valence-corrected chi connectivity index (χ4v) is 9.86. The maximum absolute atomic E-state index is 14.8. The Morgan fingerprint density at radius 1 is 0.329 bits per heavy atom. The number of rotatable bonds is 8. The molecule has 11 rings (SSSR count). The van der Waals surface area contributed by atoms with Crippen LogP contribution in [0.2, 0.25) is 0 Å². The topological polar surface area (TPSA) is 43.6 Å². The Morgan fingerprint density at radius 3 is 1.25 bits per heavy atom. The molecule has 0 spiro atoms. The summed E-state index contributed by atoms with van der Waals surface area (Å²) in [5.74, 6) is 1.02. The number of hydrogen-bond donors (Lipinski definition) is 0. The molecule has 9 aromatic carbocycles. The molecule has 0 unspecified atom stereocenters. The largest absolute Gasteiger partial charge is 0.417 e. The van der Waals surface area contributed by atoms with Gasteiger partial charge in [-0.15, -0.1) is 0 Å². The highest BCUT2D eigenvalue weighted by Gasteiger charge is 2.35. The molecule has 76 heavy (non-hydrogen) atoms. The minimum atomic E-state index is -4.71. The van der Waals surface area contributed by atoms with Crippen molar-refractivity contribution in [3.05, 3.63) is 228 Å². The van der Waals surface area contributed by atoms with Gasteiger partial charge in [-0.2, -0.15) is 39.5 Å². The maximum atomic E-state index is 14.8. The molecule has 0 radical (unpaired) electrons. The zero-order chi connectivity index (χ0) is 53.3. The molecule has 0 aliphatic rings. The number of fused-ring (bicyclic) bond motifs is 3. The minimum Gasteiger partial charge on any atom is -0.308 e. The van der Waals surface area contributed by atoms with Gasteiger partial charge in [0.1, 0.15) is 0 Å². The summed E-state index contributed by atoms with van der Waals surface area (Å²) in [7, 11) is 0. The van der Waals surface area contributed by atoms with Crippen LogP contribution in [0.5, 0.6) is 0 Å². The summed E-state index contributed by atoms with van der Waals surface area (Å²) in [4.78, 5) is 15.0. The van der Waals surface area contributed by atoms with E-state index in [4.69, 9.17) is 15.0 Å². The van der Waals surface area contributed by atoms with Crippen molar-refractivity contribution in [3.63, 3.8) is 0 Å². The third kappa shape index (κ3) is 9.37. The molecule has 2 heterocycles.